The van der Waals surface area contributed by atoms with Gasteiger partial charge in [0.25, 0.3) is 0 Å². The molecule has 1 fully saturated rings. The van der Waals surface area contributed by atoms with E-state index < -0.39 is 11.2 Å². The summed E-state index contributed by atoms with van der Waals surface area (Å²) in [6.07, 6.45) is 6.10. The van der Waals surface area contributed by atoms with Crippen molar-refractivity contribution in [3.8, 4) is 0 Å². The second kappa shape index (κ2) is 11.5. The van der Waals surface area contributed by atoms with Crippen LogP contribution in [0.15, 0.2) is 34.5 Å². The number of amides is 1. The number of unbranched alkanes of at least 4 members (excludes halogenated alkanes) is 2. The first-order chi connectivity index (χ1) is 13.5. The smallest absolute Gasteiger partial charge is 0.305 e. The van der Waals surface area contributed by atoms with Gasteiger partial charge in [-0.3, -0.25) is 9.59 Å². The van der Waals surface area contributed by atoms with Gasteiger partial charge >= 0.3 is 5.97 Å². The number of hydrogen-bond donors (Lipinski definition) is 2. The molecule has 1 unspecified atom stereocenters. The van der Waals surface area contributed by atoms with Crippen LogP contribution < -0.4 is 10.2 Å². The van der Waals surface area contributed by atoms with Crippen molar-refractivity contribution in [1.29, 1.82) is 0 Å². The van der Waals surface area contributed by atoms with Gasteiger partial charge in [0.1, 0.15) is 5.25 Å². The third-order valence-corrected chi connectivity index (χ3v) is 5.39. The second-order valence-corrected chi connectivity index (χ2v) is 7.82. The summed E-state index contributed by atoms with van der Waals surface area (Å²) in [7, 11) is 0. The summed E-state index contributed by atoms with van der Waals surface area (Å²) in [5.74, 6) is -1.35. The molecule has 2 rings (SSSR count). The molecule has 152 valence electrons. The molecular formula is C20H28N4O3S. The average molecular weight is 405 g/mol. The van der Waals surface area contributed by atoms with Crippen LogP contribution in [-0.4, -0.2) is 46.7 Å². The van der Waals surface area contributed by atoms with E-state index in [-0.39, 0.29) is 12.3 Å². The maximum atomic E-state index is 11.7. The third kappa shape index (κ3) is 6.99. The molecule has 1 amide bonds. The zero-order chi connectivity index (χ0) is 20.4. The van der Waals surface area contributed by atoms with E-state index in [1.807, 2.05) is 12.1 Å². The number of anilines is 1. The lowest BCUT2D eigenvalue weighted by molar-refractivity contribution is -0.138. The van der Waals surface area contributed by atoms with Crippen LogP contribution in [-0.2, 0) is 9.59 Å². The number of rotatable bonds is 11. The minimum atomic E-state index is -1.01. The normalized spacial score (nSPS) is 18.0. The van der Waals surface area contributed by atoms with Crippen molar-refractivity contribution < 1.29 is 14.7 Å². The zero-order valence-corrected chi connectivity index (χ0v) is 17.2. The Morgan fingerprint density at radius 1 is 1.21 bits per heavy atom. The van der Waals surface area contributed by atoms with Crippen molar-refractivity contribution in [3.63, 3.8) is 0 Å². The number of carboxylic acids is 1. The van der Waals surface area contributed by atoms with Crippen LogP contribution in [0, 0.1) is 0 Å². The highest BCUT2D eigenvalue weighted by Gasteiger charge is 2.32. The number of benzene rings is 1. The highest BCUT2D eigenvalue weighted by atomic mass is 32.2. The van der Waals surface area contributed by atoms with Crippen molar-refractivity contribution in [3.05, 3.63) is 29.8 Å². The average Bonchev–Trinajstić information content (AvgIpc) is 3.01. The van der Waals surface area contributed by atoms with E-state index in [9.17, 15) is 9.59 Å². The highest BCUT2D eigenvalue weighted by molar-refractivity contribution is 8.15. The van der Waals surface area contributed by atoms with Crippen LogP contribution in [0.2, 0.25) is 0 Å². The molecule has 1 aliphatic rings. The lowest BCUT2D eigenvalue weighted by Gasteiger charge is -2.24. The fraction of sp³-hybridized carbons (Fsp3) is 0.500. The van der Waals surface area contributed by atoms with Gasteiger partial charge in [-0.1, -0.05) is 50.6 Å². The molecule has 0 aliphatic carbocycles. The van der Waals surface area contributed by atoms with Crippen molar-refractivity contribution in [2.75, 3.05) is 18.0 Å². The van der Waals surface area contributed by atoms with Gasteiger partial charge in [-0.2, -0.15) is 5.10 Å². The number of thioether (sulfide) groups is 1. The van der Waals surface area contributed by atoms with E-state index in [2.05, 4.69) is 46.4 Å². The fourth-order valence-electron chi connectivity index (χ4n) is 2.73. The maximum Gasteiger partial charge on any atom is 0.305 e. The lowest BCUT2D eigenvalue weighted by Crippen LogP contribution is -2.26. The quantitative estimate of drug-likeness (QED) is 0.435. The number of carbonyl (C=O) groups excluding carboxylic acids is 1. The molecular weight excluding hydrogens is 376 g/mol. The Kier molecular flexibility index (Phi) is 9.00. The number of aliphatic carboxylic acids is 1. The molecule has 7 nitrogen and oxygen atoms in total. The van der Waals surface area contributed by atoms with Gasteiger partial charge < -0.3 is 15.3 Å². The molecule has 28 heavy (non-hydrogen) atoms. The van der Waals surface area contributed by atoms with Gasteiger partial charge in [-0.05, 0) is 30.5 Å². The van der Waals surface area contributed by atoms with E-state index in [0.717, 1.165) is 30.4 Å². The van der Waals surface area contributed by atoms with Crippen LogP contribution in [0.3, 0.4) is 0 Å². The van der Waals surface area contributed by atoms with E-state index in [4.69, 9.17) is 5.11 Å². The fourth-order valence-corrected chi connectivity index (χ4v) is 3.65. The summed E-state index contributed by atoms with van der Waals surface area (Å²) >= 11 is 1.09. The van der Waals surface area contributed by atoms with Crippen LogP contribution in [0.25, 0.3) is 0 Å². The molecule has 0 spiro atoms. The predicted octanol–water partition coefficient (Wildman–Crippen LogP) is 3.49. The first-order valence-corrected chi connectivity index (χ1v) is 10.6. The molecule has 2 N–H and O–H groups in total. The molecule has 1 heterocycles. The second-order valence-electron chi connectivity index (χ2n) is 6.63. The number of hydrogen-bond acceptors (Lipinski definition) is 6. The summed E-state index contributed by atoms with van der Waals surface area (Å²) in [6, 6.07) is 8.18. The largest absolute Gasteiger partial charge is 0.481 e. The predicted molar refractivity (Wildman–Crippen MR) is 115 cm³/mol. The van der Waals surface area contributed by atoms with E-state index in [0.29, 0.717) is 5.17 Å². The number of amidine groups is 1. The number of nitrogens with one attached hydrogen (secondary N) is 1. The summed E-state index contributed by atoms with van der Waals surface area (Å²) in [4.78, 5) is 24.8. The van der Waals surface area contributed by atoms with Crippen molar-refractivity contribution in [1.82, 2.24) is 5.32 Å². The minimum absolute atomic E-state index is 0.229. The van der Waals surface area contributed by atoms with E-state index in [1.165, 1.54) is 31.4 Å². The van der Waals surface area contributed by atoms with E-state index >= 15 is 0 Å². The van der Waals surface area contributed by atoms with Gasteiger partial charge in [0, 0.05) is 18.8 Å². The molecule has 1 aromatic carbocycles. The van der Waals surface area contributed by atoms with Crippen LogP contribution in [0.5, 0.6) is 0 Å². The van der Waals surface area contributed by atoms with Gasteiger partial charge in [-0.25, -0.2) is 0 Å². The molecule has 1 saturated heterocycles. The Morgan fingerprint density at radius 2 is 1.86 bits per heavy atom. The molecule has 1 atom stereocenters. The molecule has 0 saturated carbocycles. The Bertz CT molecular complexity index is 711. The van der Waals surface area contributed by atoms with Crippen LogP contribution in [0.1, 0.15) is 51.5 Å². The number of carbonyl (C=O) groups is 2. The summed E-state index contributed by atoms with van der Waals surface area (Å²) in [5.41, 5.74) is 2.12. The van der Waals surface area contributed by atoms with Gasteiger partial charge in [0.15, 0.2) is 5.17 Å². The molecule has 0 bridgehead atoms. The molecule has 0 radical (unpaired) electrons. The Morgan fingerprint density at radius 3 is 2.43 bits per heavy atom. The summed E-state index contributed by atoms with van der Waals surface area (Å²) in [6.45, 7) is 6.53. The third-order valence-electron chi connectivity index (χ3n) is 4.31. The molecule has 8 heteroatoms. The zero-order valence-electron chi connectivity index (χ0n) is 16.4. The maximum absolute atomic E-state index is 11.7. The van der Waals surface area contributed by atoms with Crippen molar-refractivity contribution in [2.45, 2.75) is 51.2 Å². The Hall–Kier alpha value is -2.35. The molecule has 0 aromatic heterocycles. The molecule has 1 aliphatic heterocycles. The lowest BCUT2D eigenvalue weighted by atomic mass is 10.2. The number of nitrogens with zero attached hydrogens (tertiary/aromatic N) is 3. The Balaban J connectivity index is 1.95. The first-order valence-electron chi connectivity index (χ1n) is 9.68. The van der Waals surface area contributed by atoms with Crippen molar-refractivity contribution in [2.24, 2.45) is 10.2 Å². The molecule has 1 aromatic rings. The number of carboxylic acid groups (broad SMARTS) is 1. The van der Waals surface area contributed by atoms with E-state index in [1.54, 1.807) is 6.21 Å². The highest BCUT2D eigenvalue weighted by Crippen LogP contribution is 2.22. The SMILES string of the molecule is CCCCN(CCCC)c1ccc(C=NN=C2NC(=O)C(CC(=O)O)S2)cc1. The first kappa shape index (κ1) is 21.9. The summed E-state index contributed by atoms with van der Waals surface area (Å²) < 4.78 is 0. The van der Waals surface area contributed by atoms with Crippen molar-refractivity contribution >= 4 is 40.7 Å². The topological polar surface area (TPSA) is 94.4 Å². The summed E-state index contributed by atoms with van der Waals surface area (Å²) in [5, 5.41) is 19.0. The van der Waals surface area contributed by atoms with Gasteiger partial charge in [-0.15, -0.1) is 5.10 Å². The minimum Gasteiger partial charge on any atom is -0.481 e. The standard InChI is InChI=1S/C20H28N4O3S/c1-3-5-11-24(12-6-4-2)16-9-7-15(8-10-16)14-21-23-20-22-19(27)17(28-20)13-18(25)26/h7-10,14,17H,3-6,11-13H2,1-2H3,(H,25,26)(H,22,23,27). The van der Waals surface area contributed by atoms with Crippen LogP contribution >= 0.6 is 11.8 Å². The van der Waals surface area contributed by atoms with Gasteiger partial charge in [0.2, 0.25) is 5.91 Å². The van der Waals surface area contributed by atoms with Gasteiger partial charge in [0.05, 0.1) is 12.6 Å². The monoisotopic (exact) mass is 404 g/mol. The van der Waals surface area contributed by atoms with Crippen LogP contribution in [0.4, 0.5) is 5.69 Å². The Labute approximate surface area is 170 Å².